The summed E-state index contributed by atoms with van der Waals surface area (Å²) < 4.78 is 15.3. The molecule has 3 N–H and O–H groups in total. The number of amides is 3. The number of likely N-dealkylation sites (N-methyl/N-ethyl adjacent to an activating group) is 1. The van der Waals surface area contributed by atoms with Crippen molar-refractivity contribution in [2.45, 2.75) is 25.4 Å². The van der Waals surface area contributed by atoms with Crippen LogP contribution in [0.15, 0.2) is 60.3 Å². The van der Waals surface area contributed by atoms with Gasteiger partial charge in [-0.15, -0.1) is 0 Å². The number of carbonyl (C=O) groups is 4. The fourth-order valence-corrected chi connectivity index (χ4v) is 3.41. The minimum atomic E-state index is -1.45. The second kappa shape index (κ2) is 11.2. The second-order valence-electron chi connectivity index (χ2n) is 7.36. The molecule has 0 saturated heterocycles. The molecule has 3 rings (SSSR count). The Kier molecular flexibility index (Phi) is 8.92. The van der Waals surface area contributed by atoms with Gasteiger partial charge < -0.3 is 20.6 Å². The first-order chi connectivity index (χ1) is 15.2. The summed E-state index contributed by atoms with van der Waals surface area (Å²) in [6, 6.07) is 9.53. The van der Waals surface area contributed by atoms with Crippen LogP contribution in [-0.2, 0) is 14.4 Å². The molecule has 0 radical (unpaired) electrons. The van der Waals surface area contributed by atoms with Crippen molar-refractivity contribution < 1.29 is 28.7 Å². The first kappa shape index (κ1) is 26.2. The summed E-state index contributed by atoms with van der Waals surface area (Å²) in [5.74, 6) is -3.17. The van der Waals surface area contributed by atoms with Gasteiger partial charge in [0.1, 0.15) is 5.82 Å². The van der Waals surface area contributed by atoms with Gasteiger partial charge >= 0.3 is 41.6 Å². The van der Waals surface area contributed by atoms with E-state index in [0.29, 0.717) is 11.3 Å². The Morgan fingerprint density at radius 3 is 2.42 bits per heavy atom. The third-order valence-electron chi connectivity index (χ3n) is 5.19. The molecule has 1 heterocycles. The number of allylic oxidation sites excluding steroid dienone is 1. The molecule has 1 aliphatic heterocycles. The molecule has 1 unspecified atom stereocenters. The third kappa shape index (κ3) is 6.07. The van der Waals surface area contributed by atoms with Crippen LogP contribution in [-0.4, -0.2) is 76.3 Å². The Morgan fingerprint density at radius 2 is 1.79 bits per heavy atom. The monoisotopic (exact) mass is 463 g/mol. The summed E-state index contributed by atoms with van der Waals surface area (Å²) in [4.78, 5) is 49.7. The van der Waals surface area contributed by atoms with Gasteiger partial charge in [-0.1, -0.05) is 48.5 Å². The van der Waals surface area contributed by atoms with Crippen LogP contribution in [0.25, 0.3) is 11.1 Å². The zero-order chi connectivity index (χ0) is 23.4. The number of benzene rings is 2. The van der Waals surface area contributed by atoms with E-state index in [4.69, 9.17) is 0 Å². The average Bonchev–Trinajstić information content (AvgIpc) is 2.75. The number of ketones is 1. The first-order valence-corrected chi connectivity index (χ1v) is 9.81. The van der Waals surface area contributed by atoms with E-state index in [-0.39, 0.29) is 40.7 Å². The SMILES string of the molecule is CC1=CC(=O)C(NC(=O)N[C@@H](CC(=O)O)c2cccc(-c3ccccc3)c2F)C(=O)N1C.[NaH]. The van der Waals surface area contributed by atoms with Crippen molar-refractivity contribution in [1.29, 1.82) is 0 Å². The van der Waals surface area contributed by atoms with Crippen molar-refractivity contribution in [2.24, 2.45) is 0 Å². The van der Waals surface area contributed by atoms with Crippen LogP contribution in [0.2, 0.25) is 0 Å². The number of carbonyl (C=O) groups excluding carboxylic acids is 3. The molecular formula is C23H23FN3NaO5. The van der Waals surface area contributed by atoms with Gasteiger partial charge in [0.15, 0.2) is 11.8 Å². The van der Waals surface area contributed by atoms with E-state index in [9.17, 15) is 24.3 Å². The molecular weight excluding hydrogens is 440 g/mol. The van der Waals surface area contributed by atoms with Crippen LogP contribution in [0.1, 0.15) is 24.9 Å². The maximum atomic E-state index is 15.3. The van der Waals surface area contributed by atoms with E-state index in [1.54, 1.807) is 49.4 Å². The Labute approximate surface area is 212 Å². The predicted molar refractivity (Wildman–Crippen MR) is 121 cm³/mol. The maximum absolute atomic E-state index is 15.3. The van der Waals surface area contributed by atoms with Crippen molar-refractivity contribution in [3.63, 3.8) is 0 Å². The molecule has 2 atom stereocenters. The number of carboxylic acids is 1. The number of hydrogen-bond acceptors (Lipinski definition) is 4. The molecule has 168 valence electrons. The molecule has 1 aliphatic rings. The van der Waals surface area contributed by atoms with Crippen molar-refractivity contribution in [2.75, 3.05) is 7.05 Å². The van der Waals surface area contributed by atoms with E-state index in [0.717, 1.165) is 0 Å². The molecule has 33 heavy (non-hydrogen) atoms. The summed E-state index contributed by atoms with van der Waals surface area (Å²) in [6.07, 6.45) is 0.623. The number of nitrogens with zero attached hydrogens (tertiary/aromatic N) is 1. The van der Waals surface area contributed by atoms with Crippen LogP contribution in [0.3, 0.4) is 0 Å². The van der Waals surface area contributed by atoms with Crippen molar-refractivity contribution in [3.8, 4) is 11.1 Å². The number of rotatable bonds is 6. The van der Waals surface area contributed by atoms with Crippen molar-refractivity contribution in [1.82, 2.24) is 15.5 Å². The van der Waals surface area contributed by atoms with Crippen LogP contribution in [0, 0.1) is 5.82 Å². The fraction of sp³-hybridized carbons (Fsp3) is 0.217. The summed E-state index contributed by atoms with van der Waals surface area (Å²) in [6.45, 7) is 1.58. The number of halogens is 1. The molecule has 8 nitrogen and oxygen atoms in total. The number of nitrogens with one attached hydrogen (secondary N) is 2. The summed E-state index contributed by atoms with van der Waals surface area (Å²) >= 11 is 0. The van der Waals surface area contributed by atoms with E-state index < -0.39 is 48.0 Å². The molecule has 2 aromatic rings. The van der Waals surface area contributed by atoms with Gasteiger partial charge in [-0.25, -0.2) is 9.18 Å². The summed E-state index contributed by atoms with van der Waals surface area (Å²) in [7, 11) is 1.46. The van der Waals surface area contributed by atoms with Gasteiger partial charge in [-0.2, -0.15) is 0 Å². The topological polar surface area (TPSA) is 116 Å². The van der Waals surface area contributed by atoms with E-state index in [2.05, 4.69) is 10.6 Å². The number of urea groups is 1. The minimum absolute atomic E-state index is 0. The fourth-order valence-electron chi connectivity index (χ4n) is 3.41. The van der Waals surface area contributed by atoms with Crippen molar-refractivity contribution >= 4 is 53.2 Å². The zero-order valence-electron chi connectivity index (χ0n) is 17.5. The predicted octanol–water partition coefficient (Wildman–Crippen LogP) is 1.97. The van der Waals surface area contributed by atoms with Gasteiger partial charge in [0, 0.05) is 29.9 Å². The van der Waals surface area contributed by atoms with Gasteiger partial charge in [-0.3, -0.25) is 14.4 Å². The molecule has 0 aromatic heterocycles. The van der Waals surface area contributed by atoms with Crippen LogP contribution < -0.4 is 10.6 Å². The van der Waals surface area contributed by atoms with Gasteiger partial charge in [0.2, 0.25) is 0 Å². The van der Waals surface area contributed by atoms with Crippen LogP contribution in [0.4, 0.5) is 9.18 Å². The van der Waals surface area contributed by atoms with E-state index in [1.807, 2.05) is 0 Å². The van der Waals surface area contributed by atoms with Gasteiger partial charge in [0.25, 0.3) is 5.91 Å². The van der Waals surface area contributed by atoms with E-state index >= 15 is 4.39 Å². The Morgan fingerprint density at radius 1 is 1.12 bits per heavy atom. The quantitative estimate of drug-likeness (QED) is 0.448. The second-order valence-corrected chi connectivity index (χ2v) is 7.36. The molecule has 0 spiro atoms. The number of aliphatic carboxylic acids is 1. The molecule has 0 aliphatic carbocycles. The van der Waals surface area contributed by atoms with Crippen LogP contribution >= 0.6 is 0 Å². The van der Waals surface area contributed by atoms with E-state index in [1.165, 1.54) is 24.1 Å². The number of carboxylic acid groups (broad SMARTS) is 1. The normalized spacial score (nSPS) is 16.4. The summed E-state index contributed by atoms with van der Waals surface area (Å²) in [5.41, 5.74) is 1.25. The Balaban J connectivity index is 0.00000385. The number of hydrogen-bond donors (Lipinski definition) is 3. The first-order valence-electron chi connectivity index (χ1n) is 9.81. The molecule has 0 saturated carbocycles. The van der Waals surface area contributed by atoms with Crippen LogP contribution in [0.5, 0.6) is 0 Å². The zero-order valence-corrected chi connectivity index (χ0v) is 17.5. The summed E-state index contributed by atoms with van der Waals surface area (Å²) in [5, 5.41) is 13.9. The molecule has 2 aromatic carbocycles. The molecule has 0 fully saturated rings. The third-order valence-corrected chi connectivity index (χ3v) is 5.19. The molecule has 10 heteroatoms. The van der Waals surface area contributed by atoms with Crippen molar-refractivity contribution in [3.05, 3.63) is 71.7 Å². The standard InChI is InChI=1S/C23H22FN3O5.Na.H/c1-13-11-18(28)21(22(31)27(13)2)26-23(32)25-17(12-19(29)30)16-10-6-9-15(20(16)24)14-7-4-3-5-8-14;;/h3-11,17,21H,12H2,1-2H3,(H,29,30)(H2,25,26,32);;/t17-,21?;;/m0../s1. The Bertz CT molecular complexity index is 1110. The Hall–Kier alpha value is -3.01. The van der Waals surface area contributed by atoms with Gasteiger partial charge in [0.05, 0.1) is 12.5 Å². The molecule has 0 bridgehead atoms. The average molecular weight is 463 g/mol. The molecule has 3 amide bonds. The van der Waals surface area contributed by atoms with Gasteiger partial charge in [-0.05, 0) is 12.5 Å².